The van der Waals surface area contributed by atoms with Crippen LogP contribution < -0.4 is 9.62 Å². The number of hydrogen-bond acceptors (Lipinski definition) is 4. The number of benzene rings is 3. The first-order valence-corrected chi connectivity index (χ1v) is 14.1. The first-order valence-electron chi connectivity index (χ1n) is 12.7. The van der Waals surface area contributed by atoms with Crippen molar-refractivity contribution in [2.45, 2.75) is 32.4 Å². The van der Waals surface area contributed by atoms with Crippen LogP contribution in [0.2, 0.25) is 0 Å². The van der Waals surface area contributed by atoms with Crippen LogP contribution >= 0.6 is 0 Å². The van der Waals surface area contributed by atoms with Gasteiger partial charge in [-0.3, -0.25) is 9.59 Å². The molecule has 8 nitrogen and oxygen atoms in total. The topological polar surface area (TPSA) is 90.0 Å². The summed E-state index contributed by atoms with van der Waals surface area (Å²) in [5.41, 5.74) is 1.76. The predicted molar refractivity (Wildman–Crippen MR) is 151 cm³/mol. The fourth-order valence-electron chi connectivity index (χ4n) is 4.02. The number of carbonyl (C=O) groups excluding carboxylic acids is 2. The molecule has 1 N–H and O–H groups in total. The van der Waals surface area contributed by atoms with Crippen molar-refractivity contribution in [3.05, 3.63) is 102 Å². The van der Waals surface area contributed by atoms with Crippen LogP contribution in [0.5, 0.6) is 0 Å². The van der Waals surface area contributed by atoms with E-state index in [0.717, 1.165) is 14.2 Å². The molecule has 3 aromatic rings. The van der Waals surface area contributed by atoms with Gasteiger partial charge in [-0.15, -0.1) is 0 Å². The van der Waals surface area contributed by atoms with Crippen molar-refractivity contribution in [1.82, 2.24) is 14.5 Å². The number of nitrogens with zero attached hydrogens (tertiary/aromatic N) is 3. The van der Waals surface area contributed by atoms with Gasteiger partial charge in [-0.1, -0.05) is 67.6 Å². The summed E-state index contributed by atoms with van der Waals surface area (Å²) in [6.45, 7) is 1.81. The molecule has 1 unspecified atom stereocenters. The molecular formula is C29H35FN4O4S. The van der Waals surface area contributed by atoms with E-state index in [0.29, 0.717) is 24.2 Å². The zero-order valence-electron chi connectivity index (χ0n) is 22.5. The van der Waals surface area contributed by atoms with E-state index in [1.54, 1.807) is 42.5 Å². The van der Waals surface area contributed by atoms with Gasteiger partial charge in [0.1, 0.15) is 18.4 Å². The number of anilines is 1. The van der Waals surface area contributed by atoms with Crippen molar-refractivity contribution < 1.29 is 22.4 Å². The highest BCUT2D eigenvalue weighted by molar-refractivity contribution is 7.90. The van der Waals surface area contributed by atoms with Crippen molar-refractivity contribution in [3.63, 3.8) is 0 Å². The van der Waals surface area contributed by atoms with E-state index < -0.39 is 34.5 Å². The third-order valence-corrected chi connectivity index (χ3v) is 7.97. The van der Waals surface area contributed by atoms with Crippen LogP contribution in [0.25, 0.3) is 0 Å². The van der Waals surface area contributed by atoms with E-state index in [4.69, 9.17) is 0 Å². The van der Waals surface area contributed by atoms with Crippen molar-refractivity contribution in [2.24, 2.45) is 0 Å². The van der Waals surface area contributed by atoms with E-state index in [9.17, 15) is 22.4 Å². The van der Waals surface area contributed by atoms with E-state index >= 15 is 0 Å². The van der Waals surface area contributed by atoms with Crippen LogP contribution in [-0.2, 0) is 32.8 Å². The normalized spacial score (nSPS) is 12.1. The number of rotatable bonds is 13. The van der Waals surface area contributed by atoms with E-state index in [-0.39, 0.29) is 18.9 Å². The third-order valence-electron chi connectivity index (χ3n) is 6.15. The molecule has 0 bridgehead atoms. The minimum atomic E-state index is -4.05. The fourth-order valence-corrected chi connectivity index (χ4v) is 5.07. The second-order valence-electron chi connectivity index (χ2n) is 9.28. The number of para-hydroxylation sites is 1. The summed E-state index contributed by atoms with van der Waals surface area (Å²) in [5, 5.41) is 2.88. The lowest BCUT2D eigenvalue weighted by molar-refractivity contribution is -0.140. The minimum absolute atomic E-state index is 0.0131. The van der Waals surface area contributed by atoms with Gasteiger partial charge in [0.05, 0.1) is 5.69 Å². The zero-order valence-corrected chi connectivity index (χ0v) is 23.3. The summed E-state index contributed by atoms with van der Waals surface area (Å²) in [7, 11) is -1.27. The van der Waals surface area contributed by atoms with Crippen LogP contribution in [0.1, 0.15) is 24.5 Å². The molecule has 0 fully saturated rings. The molecule has 3 aromatic carbocycles. The van der Waals surface area contributed by atoms with Crippen molar-refractivity contribution in [3.8, 4) is 0 Å². The molecule has 39 heavy (non-hydrogen) atoms. The maximum Gasteiger partial charge on any atom is 0.304 e. The van der Waals surface area contributed by atoms with Gasteiger partial charge < -0.3 is 10.2 Å². The number of amides is 2. The fraction of sp³-hybridized carbons (Fsp3) is 0.310. The summed E-state index contributed by atoms with van der Waals surface area (Å²) in [6.07, 6.45) is 0.924. The molecule has 0 heterocycles. The molecule has 208 valence electrons. The van der Waals surface area contributed by atoms with Gasteiger partial charge in [0, 0.05) is 33.6 Å². The number of halogens is 1. The Bertz CT molecular complexity index is 1320. The second kappa shape index (κ2) is 13.9. The standard InChI is InChI=1S/C29H35FN4O4S/c1-4-19-31-29(36)27(20-23-11-7-5-8-12-23)33(21-24-15-17-25(30)18-16-24)28(35)22-34(39(37,38)32(2)3)26-13-9-6-10-14-26/h5-18,27H,4,19-22H2,1-3H3,(H,31,36). The van der Waals surface area contributed by atoms with Crippen LogP contribution in [-0.4, -0.2) is 62.7 Å². The van der Waals surface area contributed by atoms with Gasteiger partial charge in [-0.2, -0.15) is 12.7 Å². The van der Waals surface area contributed by atoms with E-state index in [1.807, 2.05) is 37.3 Å². The summed E-state index contributed by atoms with van der Waals surface area (Å²) < 4.78 is 42.3. The third kappa shape index (κ3) is 8.11. The van der Waals surface area contributed by atoms with Gasteiger partial charge in [0.25, 0.3) is 0 Å². The lowest BCUT2D eigenvalue weighted by Gasteiger charge is -2.34. The number of carbonyl (C=O) groups is 2. The first-order chi connectivity index (χ1) is 18.6. The Hall–Kier alpha value is -3.76. The maximum atomic E-state index is 14.0. The number of hydrogen-bond donors (Lipinski definition) is 1. The van der Waals surface area contributed by atoms with Crippen LogP contribution in [0, 0.1) is 5.82 Å². The molecule has 0 saturated heterocycles. The van der Waals surface area contributed by atoms with E-state index in [2.05, 4.69) is 5.32 Å². The summed E-state index contributed by atoms with van der Waals surface area (Å²) >= 11 is 0. The molecule has 3 rings (SSSR count). The quantitative estimate of drug-likeness (QED) is 0.350. The highest BCUT2D eigenvalue weighted by Gasteiger charge is 2.34. The Morgan fingerprint density at radius 2 is 1.46 bits per heavy atom. The van der Waals surface area contributed by atoms with Crippen LogP contribution in [0.15, 0.2) is 84.9 Å². The smallest absolute Gasteiger partial charge is 0.304 e. The average Bonchev–Trinajstić information content (AvgIpc) is 2.94. The molecule has 0 spiro atoms. The zero-order chi connectivity index (χ0) is 28.4. The average molecular weight is 555 g/mol. The Kier molecular flexibility index (Phi) is 10.6. The van der Waals surface area contributed by atoms with Gasteiger partial charge in [-0.05, 0) is 41.8 Å². The van der Waals surface area contributed by atoms with Crippen LogP contribution in [0.4, 0.5) is 10.1 Å². The molecule has 0 aliphatic carbocycles. The van der Waals surface area contributed by atoms with Gasteiger partial charge in [0.2, 0.25) is 11.8 Å². The Morgan fingerprint density at radius 3 is 2.03 bits per heavy atom. The lowest BCUT2D eigenvalue weighted by atomic mass is 10.0. The van der Waals surface area contributed by atoms with Crippen molar-refractivity contribution >= 4 is 27.7 Å². The molecule has 2 amide bonds. The monoisotopic (exact) mass is 554 g/mol. The Labute approximate surface area is 230 Å². The van der Waals surface area contributed by atoms with Crippen molar-refractivity contribution in [1.29, 1.82) is 0 Å². The van der Waals surface area contributed by atoms with Crippen molar-refractivity contribution in [2.75, 3.05) is 31.5 Å². The highest BCUT2D eigenvalue weighted by Crippen LogP contribution is 2.21. The van der Waals surface area contributed by atoms with Crippen LogP contribution in [0.3, 0.4) is 0 Å². The first kappa shape index (κ1) is 29.8. The van der Waals surface area contributed by atoms with Gasteiger partial charge in [-0.25, -0.2) is 8.70 Å². The molecule has 1 atom stereocenters. The molecule has 0 aliphatic rings. The molecule has 0 radical (unpaired) electrons. The SMILES string of the molecule is CCCNC(=O)C(Cc1ccccc1)N(Cc1ccc(F)cc1)C(=O)CN(c1ccccc1)S(=O)(=O)N(C)C. The minimum Gasteiger partial charge on any atom is -0.354 e. The maximum absolute atomic E-state index is 14.0. The molecular weight excluding hydrogens is 519 g/mol. The van der Waals surface area contributed by atoms with Gasteiger partial charge >= 0.3 is 10.2 Å². The Morgan fingerprint density at radius 1 is 0.872 bits per heavy atom. The molecule has 0 aromatic heterocycles. The number of nitrogens with one attached hydrogen (secondary N) is 1. The predicted octanol–water partition coefficient (Wildman–Crippen LogP) is 3.60. The van der Waals surface area contributed by atoms with Gasteiger partial charge in [0.15, 0.2) is 0 Å². The molecule has 0 aliphatic heterocycles. The second-order valence-corrected chi connectivity index (χ2v) is 11.3. The molecule has 0 saturated carbocycles. The summed E-state index contributed by atoms with van der Waals surface area (Å²) in [4.78, 5) is 28.9. The molecule has 10 heteroatoms. The highest BCUT2D eigenvalue weighted by atomic mass is 32.2. The van der Waals surface area contributed by atoms with E-state index in [1.165, 1.54) is 31.1 Å². The lowest BCUT2D eigenvalue weighted by Crippen LogP contribution is -2.54. The summed E-state index contributed by atoms with van der Waals surface area (Å²) in [5.74, 6) is -1.34. The largest absolute Gasteiger partial charge is 0.354 e. The summed E-state index contributed by atoms with van der Waals surface area (Å²) in [6, 6.07) is 22.4. The Balaban J connectivity index is 2.05.